The van der Waals surface area contributed by atoms with Crippen molar-refractivity contribution in [2.24, 2.45) is 0 Å². The molecule has 6 nitrogen and oxygen atoms in total. The van der Waals surface area contributed by atoms with Crippen LogP contribution in [0.2, 0.25) is 0 Å². The maximum absolute atomic E-state index is 15.8. The third-order valence-electron chi connectivity index (χ3n) is 6.96. The first kappa shape index (κ1) is 16.5. The molecule has 1 fully saturated rings. The number of carbonyl (C=O) groups excluding carboxylic acids is 1. The van der Waals surface area contributed by atoms with E-state index in [4.69, 9.17) is 28.8 Å². The number of fused-ring (bicyclic) bond motifs is 1. The Hall–Kier alpha value is -4.52. The summed E-state index contributed by atoms with van der Waals surface area (Å²) in [5.41, 5.74) is -11.2. The van der Waals surface area contributed by atoms with Crippen molar-refractivity contribution in [3.8, 4) is 11.1 Å². The van der Waals surface area contributed by atoms with Crippen LogP contribution in [-0.4, -0.2) is 59.5 Å². The number of benzene rings is 4. The van der Waals surface area contributed by atoms with Gasteiger partial charge in [0.2, 0.25) is 5.91 Å². The molecule has 2 heterocycles. The first-order valence-corrected chi connectivity index (χ1v) is 15.7. The van der Waals surface area contributed by atoms with E-state index < -0.39 is 243 Å². The SMILES string of the molecule is [2H]c1c([2H])c(F)c(F)c(CSc2c([2H])c(=O)c3c([2H])c([2H])c([2H])c([2H])c3n2CC(=O)N(C([2H])([2H])c2c([2H])c([2H])c(-c3c([2H])c([2H])c(C(F)(F)F)c([2H])c3[2H])c([2H])c2C)C2([2H])C([2H])([2H])C([2H])([2H])N(CC([2H])([2H])OC)C([2H])([2H])C2([2H])[2H])c1[2H]. The molecule has 12 heteroatoms. The fraction of sp³-hybridized carbons (Fsp3) is 0.317. The van der Waals surface area contributed by atoms with Crippen molar-refractivity contribution < 1.29 is 69.9 Å². The van der Waals surface area contributed by atoms with E-state index in [2.05, 4.69) is 4.74 Å². The third kappa shape index (κ3) is 9.00. The lowest BCUT2D eigenvalue weighted by Gasteiger charge is -2.39. The zero-order valence-corrected chi connectivity index (χ0v) is 27.8. The molecule has 1 amide bonds. The van der Waals surface area contributed by atoms with Gasteiger partial charge in [-0.3, -0.25) is 9.59 Å². The van der Waals surface area contributed by atoms with Gasteiger partial charge < -0.3 is 19.1 Å². The van der Waals surface area contributed by atoms with Gasteiger partial charge in [-0.2, -0.15) is 13.2 Å². The van der Waals surface area contributed by atoms with Crippen LogP contribution in [0.3, 0.4) is 0 Å². The first-order valence-electron chi connectivity index (χ1n) is 28.7. The van der Waals surface area contributed by atoms with Crippen molar-refractivity contribution in [2.75, 3.05) is 33.2 Å². The summed E-state index contributed by atoms with van der Waals surface area (Å²) in [6, 6.07) is -26.4. The predicted molar refractivity (Wildman–Crippen MR) is 198 cm³/mol. The van der Waals surface area contributed by atoms with E-state index in [-0.39, 0.29) is 16.3 Å². The van der Waals surface area contributed by atoms with Crippen LogP contribution >= 0.6 is 11.8 Å². The van der Waals surface area contributed by atoms with Gasteiger partial charge in [0.1, 0.15) is 6.54 Å². The number of rotatable bonds is 12. The van der Waals surface area contributed by atoms with Crippen LogP contribution in [0.25, 0.3) is 22.0 Å². The van der Waals surface area contributed by atoms with E-state index >= 15 is 9.18 Å². The molecule has 53 heavy (non-hydrogen) atoms. The number of methoxy groups -OCH3 is 1. The van der Waals surface area contributed by atoms with Crippen molar-refractivity contribution >= 4 is 28.6 Å². The molecule has 0 spiro atoms. The van der Waals surface area contributed by atoms with E-state index in [1.54, 1.807) is 0 Å². The molecule has 4 aromatic carbocycles. The highest BCUT2D eigenvalue weighted by atomic mass is 32.2. The smallest absolute Gasteiger partial charge is 0.383 e. The Kier molecular flexibility index (Phi) is 5.17. The van der Waals surface area contributed by atoms with Crippen molar-refractivity contribution in [1.82, 2.24) is 14.4 Å². The number of likely N-dealkylation sites (tertiary alicyclic amines) is 1. The minimum atomic E-state index is -5.54. The van der Waals surface area contributed by atoms with Gasteiger partial charge in [-0.25, -0.2) is 8.78 Å². The number of para-hydroxylation sites is 1. The average Bonchev–Trinajstić information content (AvgIpc) is 2.48. The van der Waals surface area contributed by atoms with Crippen LogP contribution in [0, 0.1) is 18.6 Å². The molecule has 0 unspecified atom stereocenters. The highest BCUT2D eigenvalue weighted by molar-refractivity contribution is 7.98. The van der Waals surface area contributed by atoms with Gasteiger partial charge in [-0.1, -0.05) is 54.4 Å². The molecule has 278 valence electrons. The van der Waals surface area contributed by atoms with Crippen LogP contribution < -0.4 is 5.43 Å². The number of ether oxygens (including phenoxy) is 1. The van der Waals surface area contributed by atoms with Crippen molar-refractivity contribution in [2.45, 2.75) is 55.7 Å². The second-order valence-corrected chi connectivity index (χ2v) is 11.4. The number of piperidine rings is 1. The average molecular weight is 778 g/mol. The number of pyridine rings is 1. The molecule has 0 bridgehead atoms. The Labute approximate surface area is 348 Å². The normalized spacial score (nSPS) is 26.7. The molecule has 0 atom stereocenters. The highest BCUT2D eigenvalue weighted by Crippen LogP contribution is 2.32. The summed E-state index contributed by atoms with van der Waals surface area (Å²) in [4.78, 5) is 28.5. The molecule has 5 aromatic rings. The zero-order valence-electron chi connectivity index (χ0n) is 55.0. The second kappa shape index (κ2) is 16.7. The molecule has 1 aromatic heterocycles. The molecule has 0 radical (unpaired) electrons. The Morgan fingerprint density at radius 2 is 1.72 bits per heavy atom. The third-order valence-corrected chi connectivity index (χ3v) is 7.99. The summed E-state index contributed by atoms with van der Waals surface area (Å²) in [6.45, 7) is -19.6. The molecule has 0 saturated carbocycles. The molecule has 1 aliphatic heterocycles. The molecule has 0 aliphatic carbocycles. The maximum Gasteiger partial charge on any atom is 0.416 e. The summed E-state index contributed by atoms with van der Waals surface area (Å²) < 4.78 is 323. The number of alkyl halides is 3. The standard InChI is InChI=1S/C41H40F5N3O3S/c1-27-22-29(28-12-14-32(15-13-28)41(44,45)46)10-11-30(27)24-48(33-16-18-47(19-17-33)20-21-52-2)38(51)25-49-36-9-4-3-7-34(36)37(50)23-39(49)53-26-31-6-5-8-35(42)40(31)43/h3-15,22-23,33H,16-21,24-26H2,1-2H3/i3D,4D,5D,6D,7D,8D,9D,10D,11D,12D,13D,14D,15D,16D2,17D2,18D2,19D2,21D2,22D,23D,24D2,33D. The molecular formula is C41H40F5N3O3S. The second-order valence-electron chi connectivity index (χ2n) is 10.4. The fourth-order valence-corrected chi connectivity index (χ4v) is 5.36. The lowest BCUT2D eigenvalue weighted by Crippen LogP contribution is -2.48. The number of aromatic nitrogens is 1. The minimum absolute atomic E-state index is 0.0356. The number of thioether (sulfide) groups is 1. The van der Waals surface area contributed by atoms with E-state index in [1.165, 1.54) is 0 Å². The van der Waals surface area contributed by atoms with E-state index in [1.807, 2.05) is 0 Å². The number of halogens is 5. The maximum atomic E-state index is 15.8. The summed E-state index contributed by atoms with van der Waals surface area (Å²) in [5, 5.41) is -2.27. The Balaban J connectivity index is 1.79. The number of hydrogen-bond donors (Lipinski definition) is 0. The van der Waals surface area contributed by atoms with Crippen molar-refractivity contribution in [3.05, 3.63) is 135 Å². The number of amides is 1. The van der Waals surface area contributed by atoms with Gasteiger partial charge in [0.25, 0.3) is 0 Å². The van der Waals surface area contributed by atoms with Gasteiger partial charge in [0.15, 0.2) is 17.1 Å². The van der Waals surface area contributed by atoms with E-state index in [0.717, 1.165) is 0 Å². The molecule has 0 N–H and O–H groups in total. The zero-order chi connectivity index (χ0) is 62.4. The van der Waals surface area contributed by atoms with Crippen LogP contribution in [0.4, 0.5) is 22.0 Å². The number of hydrogen-bond acceptors (Lipinski definition) is 5. The Morgan fingerprint density at radius 1 is 1.00 bits per heavy atom. The minimum Gasteiger partial charge on any atom is -0.383 e. The van der Waals surface area contributed by atoms with Crippen molar-refractivity contribution in [1.29, 1.82) is 0 Å². The van der Waals surface area contributed by atoms with Gasteiger partial charge >= 0.3 is 6.18 Å². The van der Waals surface area contributed by atoms with E-state index in [0.29, 0.717) is 14.0 Å². The van der Waals surface area contributed by atoms with E-state index in [9.17, 15) is 32.0 Å². The summed E-state index contributed by atoms with van der Waals surface area (Å²) in [6.07, 6.45) is -15.0. The lowest BCUT2D eigenvalue weighted by molar-refractivity contribution is -0.137. The van der Waals surface area contributed by atoms with Crippen LogP contribution in [0.1, 0.15) is 73.4 Å². The quantitative estimate of drug-likeness (QED) is 0.0938. The van der Waals surface area contributed by atoms with Gasteiger partial charge in [-0.05, 0) is 72.1 Å². The first-order chi connectivity index (χ1) is 36.6. The topological polar surface area (TPSA) is 54.8 Å². The Morgan fingerprint density at radius 3 is 2.43 bits per heavy atom. The fourth-order valence-electron chi connectivity index (χ4n) is 4.41. The summed E-state index contributed by atoms with van der Waals surface area (Å²) in [7, 11) is 0.677. The summed E-state index contributed by atoms with van der Waals surface area (Å²) in [5.74, 6) is -7.49. The van der Waals surface area contributed by atoms with Gasteiger partial charge in [-0.15, -0.1) is 11.8 Å². The highest BCUT2D eigenvalue weighted by Gasteiger charge is 2.31. The molecule has 1 saturated heterocycles. The largest absolute Gasteiger partial charge is 0.416 e. The molecule has 6 rings (SSSR count). The monoisotopic (exact) mass is 777 g/mol. The number of nitrogens with zero attached hydrogens (tertiary/aromatic N) is 3. The molecule has 1 aliphatic rings. The van der Waals surface area contributed by atoms with Crippen LogP contribution in [-0.2, 0) is 34.5 Å². The lowest BCUT2D eigenvalue weighted by atomic mass is 9.97. The summed E-state index contributed by atoms with van der Waals surface area (Å²) >= 11 is -0.0356. The van der Waals surface area contributed by atoms with Crippen molar-refractivity contribution in [3.63, 3.8) is 0 Å². The Bertz CT molecular complexity index is 3470. The predicted octanol–water partition coefficient (Wildman–Crippen LogP) is 8.71. The van der Waals surface area contributed by atoms with Gasteiger partial charge in [0, 0.05) is 72.9 Å². The number of carbonyl (C=O) groups is 1. The van der Waals surface area contributed by atoms with Crippen LogP contribution in [0.5, 0.6) is 0 Å². The molecular weight excluding hydrogens is 710 g/mol. The van der Waals surface area contributed by atoms with Gasteiger partial charge in [0.05, 0.1) is 50.1 Å². The van der Waals surface area contributed by atoms with Crippen LogP contribution in [0.15, 0.2) is 100 Å².